The molecule has 0 fully saturated rings. The fourth-order valence-corrected chi connectivity index (χ4v) is 2.80. The molecule has 3 atom stereocenters. The highest BCUT2D eigenvalue weighted by Gasteiger charge is 2.29. The van der Waals surface area contributed by atoms with E-state index in [1.165, 1.54) is 0 Å². The van der Waals surface area contributed by atoms with Crippen LogP contribution in [0.4, 0.5) is 0 Å². The molecule has 216 valence electrons. The van der Waals surface area contributed by atoms with E-state index < -0.39 is 90.2 Å². The van der Waals surface area contributed by atoms with Crippen molar-refractivity contribution in [2.24, 2.45) is 27.2 Å². The van der Waals surface area contributed by atoms with Crippen LogP contribution in [-0.2, 0) is 38.6 Å². The van der Waals surface area contributed by atoms with Crippen LogP contribution in [0.5, 0.6) is 0 Å². The summed E-state index contributed by atoms with van der Waals surface area (Å²) in [5.41, 5.74) is 15.6. The minimum absolute atomic E-state index is 0.0117. The van der Waals surface area contributed by atoms with E-state index in [1.807, 2.05) is 5.32 Å². The van der Waals surface area contributed by atoms with Crippen LogP contribution >= 0.6 is 0 Å². The average Bonchev–Trinajstić information content (AvgIpc) is 2.79. The maximum Gasteiger partial charge on any atom is 0.397 e. The smallest absolute Gasteiger partial charge is 0.397 e. The zero-order valence-corrected chi connectivity index (χ0v) is 20.5. The van der Waals surface area contributed by atoms with Crippen LogP contribution in [0, 0.1) is 0 Å². The maximum atomic E-state index is 12.4. The van der Waals surface area contributed by atoms with E-state index in [4.69, 9.17) is 32.0 Å². The third kappa shape index (κ3) is 15.8. The number of rotatable bonds is 18. The van der Waals surface area contributed by atoms with Gasteiger partial charge in [-0.3, -0.25) is 33.7 Å². The number of carboxylic acids is 2. The predicted octanol–water partition coefficient (Wildman–Crippen LogP) is -6.41. The van der Waals surface area contributed by atoms with Gasteiger partial charge in [0.05, 0.1) is 19.6 Å². The van der Waals surface area contributed by atoms with Crippen molar-refractivity contribution in [1.82, 2.24) is 16.0 Å². The first-order valence-corrected chi connectivity index (χ1v) is 11.8. The number of hydrogen-bond donors (Lipinski definition) is 9. The molecule has 0 rings (SSSR count). The summed E-state index contributed by atoms with van der Waals surface area (Å²) in [6, 6.07) is -5.20. The van der Waals surface area contributed by atoms with Gasteiger partial charge in [0.15, 0.2) is 12.0 Å². The minimum Gasteiger partial charge on any atom is -0.861 e. The first-order valence-electron chi connectivity index (χ1n) is 10.5. The Kier molecular flexibility index (Phi) is 14.8. The van der Waals surface area contributed by atoms with Gasteiger partial charge in [0.1, 0.15) is 12.1 Å². The summed E-state index contributed by atoms with van der Waals surface area (Å²) in [6.07, 6.45) is -0.830. The molecule has 20 nitrogen and oxygen atoms in total. The lowest BCUT2D eigenvalue weighted by molar-refractivity contribution is -0.217. The predicted molar refractivity (Wildman–Crippen MR) is 124 cm³/mol. The van der Waals surface area contributed by atoms with Crippen LogP contribution < -0.4 is 38.3 Å². The molecule has 3 amide bonds. The zero-order valence-electron chi connectivity index (χ0n) is 19.7. The summed E-state index contributed by atoms with van der Waals surface area (Å²) in [7, 11) is -5.06. The van der Waals surface area contributed by atoms with Crippen molar-refractivity contribution < 1.29 is 56.4 Å². The number of aliphatic carboxylic acids is 2. The quantitative estimate of drug-likeness (QED) is 0.0320. The van der Waals surface area contributed by atoms with E-state index in [2.05, 4.69) is 19.5 Å². The average molecular weight is 570 g/mol. The molecular weight excluding hydrogens is 540 g/mol. The largest absolute Gasteiger partial charge is 0.861 e. The van der Waals surface area contributed by atoms with E-state index in [0.29, 0.717) is 0 Å². The molecule has 0 saturated carbocycles. The van der Waals surface area contributed by atoms with E-state index in [0.717, 1.165) is 0 Å². The van der Waals surface area contributed by atoms with Crippen LogP contribution in [0.2, 0.25) is 0 Å². The Hall–Kier alpha value is -4.08. The third-order valence-corrected chi connectivity index (χ3v) is 4.59. The van der Waals surface area contributed by atoms with Crippen LogP contribution in [0.15, 0.2) is 9.98 Å². The molecule has 0 aliphatic heterocycles. The van der Waals surface area contributed by atoms with Gasteiger partial charge < -0.3 is 48.5 Å². The molecule has 12 N–H and O–H groups in total. The third-order valence-electron chi connectivity index (χ3n) is 4.16. The lowest BCUT2D eigenvalue weighted by atomic mass is 10.1. The number of carbonyl (C=O) groups excluding carboxylic acids is 3. The maximum absolute atomic E-state index is 12.4. The van der Waals surface area contributed by atoms with Gasteiger partial charge in [-0.15, -0.1) is 0 Å². The van der Waals surface area contributed by atoms with Crippen molar-refractivity contribution in [3.8, 4) is 0 Å². The van der Waals surface area contributed by atoms with Gasteiger partial charge in [0, 0.05) is 13.1 Å². The van der Waals surface area contributed by atoms with Crippen molar-refractivity contribution in [3.05, 3.63) is 0 Å². The lowest BCUT2D eigenvalue weighted by Gasteiger charge is -2.20. The molecule has 21 heteroatoms. The Labute approximate surface area is 215 Å². The van der Waals surface area contributed by atoms with Crippen molar-refractivity contribution in [2.75, 3.05) is 26.2 Å². The Morgan fingerprint density at radius 3 is 2.16 bits per heavy atom. The molecule has 0 aromatic carbocycles. The Bertz CT molecular complexity index is 1030. The van der Waals surface area contributed by atoms with Gasteiger partial charge in [-0.25, -0.2) is 8.98 Å². The van der Waals surface area contributed by atoms with Gasteiger partial charge in [-0.2, -0.15) is 8.42 Å². The van der Waals surface area contributed by atoms with Gasteiger partial charge in [0.25, 0.3) is 0 Å². The fraction of sp³-hybridized carbons (Fsp3) is 0.588. The first-order chi connectivity index (χ1) is 17.5. The molecule has 0 radical (unpaired) electrons. The van der Waals surface area contributed by atoms with Gasteiger partial charge >= 0.3 is 22.3 Å². The number of carboxylic acid groups (broad SMARTS) is 2. The summed E-state index contributed by atoms with van der Waals surface area (Å²) in [5.74, 6) is -7.74. The summed E-state index contributed by atoms with van der Waals surface area (Å²) in [6.45, 7) is -2.44. The number of carbonyl (C=O) groups is 5. The zero-order chi connectivity index (χ0) is 29.5. The molecule has 0 aliphatic rings. The van der Waals surface area contributed by atoms with E-state index in [1.54, 1.807) is 5.32 Å². The van der Waals surface area contributed by atoms with E-state index >= 15 is 0 Å². The second-order valence-electron chi connectivity index (χ2n) is 7.24. The summed E-state index contributed by atoms with van der Waals surface area (Å²) in [5, 5.41) is 35.5. The highest BCUT2D eigenvalue weighted by atomic mass is 32.3. The van der Waals surface area contributed by atoms with Crippen LogP contribution in [-0.4, -0.2) is 109 Å². The molecular formula is C17H29N8O12S-. The number of hydrogen-bond acceptors (Lipinski definition) is 12. The summed E-state index contributed by atoms with van der Waals surface area (Å²) < 4.78 is 33.7. The Balaban J connectivity index is 5.27. The SMILES string of the molecule is NCC([O-])=N[C@@H](CCCN=C(N)N)C(=O)NCC(=O)N[C@@H](CC(=O)O)C(=O)N[C@@H](COS(=O)(=O)O)C(=O)O. The highest BCUT2D eigenvalue weighted by molar-refractivity contribution is 7.80. The number of guanidine groups is 1. The number of nitrogens with two attached hydrogens (primary N) is 3. The van der Waals surface area contributed by atoms with Gasteiger partial charge in [-0.05, 0) is 18.7 Å². The minimum atomic E-state index is -5.06. The summed E-state index contributed by atoms with van der Waals surface area (Å²) >= 11 is 0. The molecule has 38 heavy (non-hydrogen) atoms. The van der Waals surface area contributed by atoms with Crippen molar-refractivity contribution >= 4 is 51.9 Å². The van der Waals surface area contributed by atoms with Crippen LogP contribution in [0.3, 0.4) is 0 Å². The first kappa shape index (κ1) is 33.9. The molecule has 0 aliphatic carbocycles. The molecule has 0 aromatic heterocycles. The summed E-state index contributed by atoms with van der Waals surface area (Å²) in [4.78, 5) is 66.6. The fourth-order valence-electron chi connectivity index (χ4n) is 2.49. The van der Waals surface area contributed by atoms with Crippen molar-refractivity contribution in [1.29, 1.82) is 0 Å². The number of nitrogens with one attached hydrogen (secondary N) is 3. The van der Waals surface area contributed by atoms with Gasteiger partial charge in [0.2, 0.25) is 17.7 Å². The second-order valence-corrected chi connectivity index (χ2v) is 8.33. The van der Waals surface area contributed by atoms with Crippen LogP contribution in [0.1, 0.15) is 19.3 Å². The number of aliphatic imine (C=N–C) groups is 2. The topological polar surface area (TPSA) is 351 Å². The molecule has 0 heterocycles. The van der Waals surface area contributed by atoms with Crippen molar-refractivity contribution in [2.45, 2.75) is 37.4 Å². The Morgan fingerprint density at radius 2 is 1.66 bits per heavy atom. The lowest BCUT2D eigenvalue weighted by Crippen LogP contribution is -2.55. The molecule has 0 aromatic rings. The van der Waals surface area contributed by atoms with E-state index in [-0.39, 0.29) is 25.3 Å². The van der Waals surface area contributed by atoms with Crippen molar-refractivity contribution in [3.63, 3.8) is 0 Å². The monoisotopic (exact) mass is 569 g/mol. The molecule has 0 unspecified atom stereocenters. The van der Waals surface area contributed by atoms with E-state index in [9.17, 15) is 37.5 Å². The second kappa shape index (κ2) is 16.6. The standard InChI is InChI=1S/C17H30N8O12S/c18-5-11(26)23-8(2-1-3-21-17(19)20)14(30)22-6-12(27)24-9(4-13(28)29)15(31)25-10(16(32)33)7-37-38(34,35)36/h8-10H,1-7,18H2,(H,22,30)(H,23,26)(H,24,27)(H,25,31)(H,28,29)(H,32,33)(H4,19,20,21)(H,34,35,36)/p-1/t8-,9-,10-/m0/s1. The molecule has 0 spiro atoms. The number of amides is 3. The number of nitrogens with zero attached hydrogens (tertiary/aromatic N) is 2. The normalized spacial score (nSPS) is 13.9. The molecule has 0 bridgehead atoms. The van der Waals surface area contributed by atoms with Gasteiger partial charge in [-0.1, -0.05) is 0 Å². The van der Waals surface area contributed by atoms with Crippen LogP contribution in [0.25, 0.3) is 0 Å². The Morgan fingerprint density at radius 1 is 1.03 bits per heavy atom. The highest BCUT2D eigenvalue weighted by Crippen LogP contribution is 2.04. The molecule has 0 saturated heterocycles.